The third-order valence-electron chi connectivity index (χ3n) is 11.7. The van der Waals surface area contributed by atoms with Gasteiger partial charge in [0.1, 0.15) is 17.8 Å². The Bertz CT molecular complexity index is 1050. The number of aliphatic carboxylic acids is 1. The fourth-order valence-electron chi connectivity index (χ4n) is 8.39. The van der Waals surface area contributed by atoms with Crippen molar-refractivity contribution in [3.05, 3.63) is 0 Å². The van der Waals surface area contributed by atoms with Gasteiger partial charge in [0, 0.05) is 11.8 Å². The summed E-state index contributed by atoms with van der Waals surface area (Å²) < 4.78 is 18.2. The minimum Gasteiger partial charge on any atom is -0.481 e. The lowest BCUT2D eigenvalue weighted by Gasteiger charge is -2.39. The summed E-state index contributed by atoms with van der Waals surface area (Å²) in [5, 5.41) is 9.73. The van der Waals surface area contributed by atoms with Gasteiger partial charge in [0.05, 0.1) is 22.2 Å². The molecule has 8 nitrogen and oxygen atoms in total. The average Bonchev–Trinajstić information content (AvgIpc) is 3.73. The van der Waals surface area contributed by atoms with E-state index < -0.39 is 34.3 Å². The molecule has 0 radical (unpaired) electrons. The summed E-state index contributed by atoms with van der Waals surface area (Å²) in [7, 11) is 0. The van der Waals surface area contributed by atoms with Crippen molar-refractivity contribution in [2.75, 3.05) is 0 Å². The first-order chi connectivity index (χ1) is 19.2. The second-order valence-electron chi connectivity index (χ2n) is 15.5. The highest BCUT2D eigenvalue weighted by Crippen LogP contribution is 2.56. The van der Waals surface area contributed by atoms with E-state index in [-0.39, 0.29) is 41.4 Å². The van der Waals surface area contributed by atoms with Gasteiger partial charge in [-0.05, 0) is 118 Å². The molecule has 0 aromatic carbocycles. The molecule has 0 aromatic heterocycles. The van der Waals surface area contributed by atoms with Crippen molar-refractivity contribution in [2.24, 2.45) is 39.9 Å². The number of carboxylic acid groups (broad SMARTS) is 1. The van der Waals surface area contributed by atoms with Gasteiger partial charge in [-0.25, -0.2) is 0 Å². The largest absolute Gasteiger partial charge is 0.481 e. The highest BCUT2D eigenvalue weighted by Gasteiger charge is 2.63. The average molecular weight is 575 g/mol. The lowest BCUT2D eigenvalue weighted by atomic mass is 9.72. The molecule has 6 unspecified atom stereocenters. The van der Waals surface area contributed by atoms with Crippen LogP contribution in [-0.4, -0.2) is 46.8 Å². The summed E-state index contributed by atoms with van der Waals surface area (Å²) >= 11 is 0. The fourth-order valence-corrected chi connectivity index (χ4v) is 8.39. The van der Waals surface area contributed by atoms with Gasteiger partial charge in [0.2, 0.25) is 0 Å². The second kappa shape index (κ2) is 10.9. The summed E-state index contributed by atoms with van der Waals surface area (Å²) in [4.78, 5) is 51.7. The zero-order valence-corrected chi connectivity index (χ0v) is 25.7. The van der Waals surface area contributed by atoms with Crippen LogP contribution in [-0.2, 0) is 33.4 Å². The highest BCUT2D eigenvalue weighted by atomic mass is 16.6. The van der Waals surface area contributed by atoms with Crippen LogP contribution in [0.25, 0.3) is 0 Å². The molecule has 6 atom stereocenters. The topological polar surface area (TPSA) is 116 Å². The highest BCUT2D eigenvalue weighted by molar-refractivity contribution is 5.80. The van der Waals surface area contributed by atoms with Gasteiger partial charge in [0.15, 0.2) is 0 Å². The van der Waals surface area contributed by atoms with Gasteiger partial charge in [-0.15, -0.1) is 0 Å². The second-order valence-corrected chi connectivity index (χ2v) is 15.5. The Morgan fingerprint density at radius 3 is 2.10 bits per heavy atom. The van der Waals surface area contributed by atoms with Crippen LogP contribution in [0.5, 0.6) is 0 Å². The number of hydrogen-bond donors (Lipinski definition) is 1. The van der Waals surface area contributed by atoms with Crippen molar-refractivity contribution in [1.82, 2.24) is 0 Å². The minimum atomic E-state index is -1.01. The number of fused-ring (bicyclic) bond motifs is 1. The number of rotatable bonds is 12. The Hall–Kier alpha value is -2.12. The number of carbonyl (C=O) groups excluding carboxylic acids is 3. The lowest BCUT2D eigenvalue weighted by molar-refractivity contribution is -0.179. The molecule has 4 saturated carbocycles. The quantitative estimate of drug-likeness (QED) is 0.215. The number of carbonyl (C=O) groups is 4. The van der Waals surface area contributed by atoms with E-state index in [4.69, 9.17) is 14.2 Å². The Labute approximate surface area is 244 Å². The van der Waals surface area contributed by atoms with Gasteiger partial charge in [0.25, 0.3) is 0 Å². The zero-order chi connectivity index (χ0) is 29.8. The fraction of sp³-hybridized carbons (Fsp3) is 0.879. The predicted octanol–water partition coefficient (Wildman–Crippen LogP) is 6.23. The Morgan fingerprint density at radius 1 is 0.878 bits per heavy atom. The molecule has 230 valence electrons. The van der Waals surface area contributed by atoms with Crippen molar-refractivity contribution in [1.29, 1.82) is 0 Å². The van der Waals surface area contributed by atoms with Crippen molar-refractivity contribution in [3.8, 4) is 0 Å². The molecule has 0 aromatic rings. The molecule has 5 rings (SSSR count). The number of carboxylic acids is 1. The van der Waals surface area contributed by atoms with Crippen LogP contribution in [0.1, 0.15) is 125 Å². The van der Waals surface area contributed by atoms with E-state index in [1.807, 2.05) is 20.8 Å². The monoisotopic (exact) mass is 574 g/mol. The van der Waals surface area contributed by atoms with Gasteiger partial charge in [-0.3, -0.25) is 19.2 Å². The molecule has 41 heavy (non-hydrogen) atoms. The third kappa shape index (κ3) is 5.65. The standard InChI is InChI=1S/C33H50O8/c1-30(2,27(35)36)14-16-32(5,29(38)40-24-20-18-22-23(19-20)26(34)39-25(22)24)17-15-31(3,4)28(37)41-33(12-8-9-13-33)21-10-6-7-11-21/h20-25H,6-19H2,1-5H3,(H,35,36). The third-order valence-corrected chi connectivity index (χ3v) is 11.7. The van der Waals surface area contributed by atoms with Crippen LogP contribution < -0.4 is 0 Å². The summed E-state index contributed by atoms with van der Waals surface area (Å²) in [6, 6.07) is 0. The molecule has 1 aliphatic heterocycles. The Morgan fingerprint density at radius 2 is 1.49 bits per heavy atom. The molecule has 8 heteroatoms. The maximum absolute atomic E-state index is 13.9. The minimum absolute atomic E-state index is 0.0677. The molecule has 1 heterocycles. The van der Waals surface area contributed by atoms with Crippen LogP contribution in [0.2, 0.25) is 0 Å². The van der Waals surface area contributed by atoms with E-state index >= 15 is 0 Å². The van der Waals surface area contributed by atoms with Crippen molar-refractivity contribution in [3.63, 3.8) is 0 Å². The SMILES string of the molecule is CC(C)(CCC(C)(CCC(C)(C)C(=O)OC1(C2CCCC2)CCCC1)C(=O)OC1C2CC3C(=O)OC1C3C2)C(=O)O. The van der Waals surface area contributed by atoms with E-state index in [1.54, 1.807) is 13.8 Å². The maximum Gasteiger partial charge on any atom is 0.312 e. The molecule has 0 amide bonds. The van der Waals surface area contributed by atoms with Crippen LogP contribution in [0, 0.1) is 39.9 Å². The number of ether oxygens (including phenoxy) is 3. The lowest BCUT2D eigenvalue weighted by Crippen LogP contribution is -2.44. The van der Waals surface area contributed by atoms with E-state index in [0.717, 1.165) is 44.9 Å². The van der Waals surface area contributed by atoms with Gasteiger partial charge in [-0.1, -0.05) is 12.8 Å². The van der Waals surface area contributed by atoms with Crippen LogP contribution in [0.15, 0.2) is 0 Å². The van der Waals surface area contributed by atoms with Gasteiger partial charge in [-0.2, -0.15) is 0 Å². The first kappa shape index (κ1) is 30.3. The molecular formula is C33H50O8. The summed E-state index contributed by atoms with van der Waals surface area (Å²) in [5.74, 6) is -1.07. The number of esters is 3. The molecule has 0 spiro atoms. The molecule has 5 aliphatic rings. The summed E-state index contributed by atoms with van der Waals surface area (Å²) in [6.45, 7) is 8.96. The van der Waals surface area contributed by atoms with Crippen molar-refractivity contribution in [2.45, 2.75) is 142 Å². The van der Waals surface area contributed by atoms with E-state index in [1.165, 1.54) is 12.8 Å². The van der Waals surface area contributed by atoms with Gasteiger partial charge < -0.3 is 19.3 Å². The van der Waals surface area contributed by atoms with Crippen molar-refractivity contribution < 1.29 is 38.5 Å². The van der Waals surface area contributed by atoms with E-state index in [9.17, 15) is 24.3 Å². The number of hydrogen-bond acceptors (Lipinski definition) is 7. The van der Waals surface area contributed by atoms with E-state index in [0.29, 0.717) is 38.0 Å². The zero-order valence-electron chi connectivity index (χ0n) is 25.7. The summed E-state index contributed by atoms with van der Waals surface area (Å²) in [5.41, 5.74) is -3.16. The Kier molecular flexibility index (Phi) is 8.04. The molecule has 5 fully saturated rings. The normalized spacial score (nSPS) is 32.1. The van der Waals surface area contributed by atoms with Crippen LogP contribution >= 0.6 is 0 Å². The molecular weight excluding hydrogens is 524 g/mol. The molecule has 4 aliphatic carbocycles. The molecule has 2 bridgehead atoms. The Balaban J connectivity index is 1.28. The smallest absolute Gasteiger partial charge is 0.312 e. The summed E-state index contributed by atoms with van der Waals surface area (Å²) in [6.07, 6.45) is 10.8. The van der Waals surface area contributed by atoms with E-state index in [2.05, 4.69) is 0 Å². The predicted molar refractivity (Wildman–Crippen MR) is 150 cm³/mol. The molecule has 1 saturated heterocycles. The first-order valence-corrected chi connectivity index (χ1v) is 16.1. The van der Waals surface area contributed by atoms with Crippen molar-refractivity contribution >= 4 is 23.9 Å². The maximum atomic E-state index is 13.9. The first-order valence-electron chi connectivity index (χ1n) is 16.1. The van der Waals surface area contributed by atoms with Gasteiger partial charge >= 0.3 is 23.9 Å². The van der Waals surface area contributed by atoms with Crippen LogP contribution in [0.3, 0.4) is 0 Å². The molecule has 1 N–H and O–H groups in total. The van der Waals surface area contributed by atoms with Crippen LogP contribution in [0.4, 0.5) is 0 Å².